The van der Waals surface area contributed by atoms with E-state index < -0.39 is 15.3 Å². The molecule has 0 amide bonds. The fraction of sp³-hybridized carbons (Fsp3) is 0.368. The van der Waals surface area contributed by atoms with E-state index in [4.69, 9.17) is 0 Å². The van der Waals surface area contributed by atoms with E-state index in [-0.39, 0.29) is 0 Å². The van der Waals surface area contributed by atoms with Crippen LogP contribution in [0.4, 0.5) is 0 Å². The van der Waals surface area contributed by atoms with Gasteiger partial charge < -0.3 is 4.57 Å². The van der Waals surface area contributed by atoms with Gasteiger partial charge in [-0.15, -0.1) is 0 Å². The van der Waals surface area contributed by atoms with Crippen LogP contribution in [0.1, 0.15) is 13.8 Å². The van der Waals surface area contributed by atoms with E-state index in [1.165, 1.54) is 0 Å². The minimum atomic E-state index is -1.91. The highest BCUT2D eigenvalue weighted by Gasteiger charge is 2.52. The second kappa shape index (κ2) is 6.94. The summed E-state index contributed by atoms with van der Waals surface area (Å²) in [5.74, 6) is 0. The number of hydrogen-bond acceptors (Lipinski definition) is 1. The molecule has 3 heteroatoms. The molecule has 0 spiro atoms. The molecule has 1 nitrogen and oxygen atoms in total. The number of rotatable bonds is 6. The van der Waals surface area contributed by atoms with Gasteiger partial charge in [-0.25, -0.2) is 0 Å². The van der Waals surface area contributed by atoms with Crippen LogP contribution in [-0.2, 0) is 0 Å². The molecule has 0 N–H and O–H groups in total. The predicted octanol–water partition coefficient (Wildman–Crippen LogP) is 3.50. The number of nitrogens with zero attached hydrogens (tertiary/aromatic N) is 1. The minimum Gasteiger partial charge on any atom is -0.319 e. The molecule has 0 aliphatic heterocycles. The zero-order valence-corrected chi connectivity index (χ0v) is 16.6. The Morgan fingerprint density at radius 2 is 1.05 bits per heavy atom. The van der Waals surface area contributed by atoms with E-state index in [1.54, 1.807) is 10.4 Å². The van der Waals surface area contributed by atoms with E-state index in [0.717, 1.165) is 13.1 Å². The quantitative estimate of drug-likeness (QED) is 0.734. The van der Waals surface area contributed by atoms with Crippen molar-refractivity contribution >= 4 is 25.7 Å². The van der Waals surface area contributed by atoms with Crippen LogP contribution in [0.2, 0.25) is 19.6 Å². The largest absolute Gasteiger partial charge is 0.319 e. The summed E-state index contributed by atoms with van der Waals surface area (Å²) in [4.78, 5) is 0. The molecule has 0 aromatic heterocycles. The van der Waals surface area contributed by atoms with Crippen LogP contribution in [0.15, 0.2) is 60.7 Å². The second-order valence-electron chi connectivity index (χ2n) is 6.86. The molecular weight excluding hydrogens is 298 g/mol. The lowest BCUT2D eigenvalue weighted by atomic mass is 10.4. The van der Waals surface area contributed by atoms with Crippen molar-refractivity contribution in [1.29, 1.82) is 0 Å². The fourth-order valence-electron chi connectivity index (χ4n) is 3.93. The van der Waals surface area contributed by atoms with Gasteiger partial charge in [0.25, 0.3) is 0 Å². The lowest BCUT2D eigenvalue weighted by Crippen LogP contribution is -2.81. The summed E-state index contributed by atoms with van der Waals surface area (Å²) in [5.41, 5.74) is 0. The summed E-state index contributed by atoms with van der Waals surface area (Å²) in [6.45, 7) is 14.5. The summed E-state index contributed by atoms with van der Waals surface area (Å²) in [6, 6.07) is 22.6. The van der Waals surface area contributed by atoms with Crippen molar-refractivity contribution in [2.45, 2.75) is 33.5 Å². The smallest absolute Gasteiger partial charge is 0.179 e. The highest BCUT2D eigenvalue weighted by atomic mass is 29.3. The topological polar surface area (TPSA) is 3.24 Å². The van der Waals surface area contributed by atoms with Gasteiger partial charge >= 0.3 is 0 Å². The Labute approximate surface area is 137 Å². The van der Waals surface area contributed by atoms with Crippen LogP contribution >= 0.6 is 0 Å². The molecule has 0 unspecified atom stereocenters. The van der Waals surface area contributed by atoms with Crippen LogP contribution in [-0.4, -0.2) is 33.0 Å². The van der Waals surface area contributed by atoms with E-state index in [1.807, 2.05) is 0 Å². The fourth-order valence-corrected chi connectivity index (χ4v) is 20.0. The molecule has 2 aromatic carbocycles. The van der Waals surface area contributed by atoms with Crippen LogP contribution in [0.5, 0.6) is 0 Å². The molecule has 0 fully saturated rings. The first-order chi connectivity index (χ1) is 10.5. The van der Waals surface area contributed by atoms with E-state index in [0.29, 0.717) is 0 Å². The van der Waals surface area contributed by atoms with Crippen molar-refractivity contribution in [2.75, 3.05) is 13.1 Å². The molecule has 0 saturated carbocycles. The Balaban J connectivity index is 2.81. The predicted molar refractivity (Wildman–Crippen MR) is 104 cm³/mol. The summed E-state index contributed by atoms with van der Waals surface area (Å²) < 4.78 is 2.80. The first-order valence-electron chi connectivity index (χ1n) is 8.34. The molecule has 0 bridgehead atoms. The lowest BCUT2D eigenvalue weighted by Gasteiger charge is -2.50. The van der Waals surface area contributed by atoms with Gasteiger partial charge in [-0.1, -0.05) is 94.2 Å². The molecule has 2 rings (SSSR count). The first kappa shape index (κ1) is 17.2. The maximum atomic E-state index is 2.80. The maximum Gasteiger partial charge on any atom is 0.179 e. The summed E-state index contributed by atoms with van der Waals surface area (Å²) in [5, 5.41) is 3.15. The normalized spacial score (nSPS) is 12.6. The average molecular weight is 328 g/mol. The molecule has 2 aromatic rings. The SMILES string of the molecule is CCN(CC)[Si](c1ccccc1)(c1ccccc1)[Si](C)(C)C. The Morgan fingerprint density at radius 1 is 0.682 bits per heavy atom. The summed E-state index contributed by atoms with van der Waals surface area (Å²) in [7, 11) is -3.37. The van der Waals surface area contributed by atoms with Crippen molar-refractivity contribution in [3.05, 3.63) is 60.7 Å². The zero-order chi connectivity index (χ0) is 16.2. The Kier molecular flexibility index (Phi) is 5.43. The van der Waals surface area contributed by atoms with Crippen LogP contribution < -0.4 is 10.4 Å². The first-order valence-corrected chi connectivity index (χ1v) is 14.8. The molecule has 0 atom stereocenters. The van der Waals surface area contributed by atoms with Crippen molar-refractivity contribution in [2.24, 2.45) is 0 Å². The second-order valence-corrected chi connectivity index (χ2v) is 21.2. The van der Waals surface area contributed by atoms with Crippen molar-refractivity contribution in [3.8, 4) is 0 Å². The highest BCUT2D eigenvalue weighted by Crippen LogP contribution is 2.23. The van der Waals surface area contributed by atoms with Crippen molar-refractivity contribution in [3.63, 3.8) is 0 Å². The van der Waals surface area contributed by atoms with Gasteiger partial charge in [0.1, 0.15) is 0 Å². The Morgan fingerprint density at radius 3 is 1.32 bits per heavy atom. The van der Waals surface area contributed by atoms with Gasteiger partial charge in [-0.05, 0) is 23.5 Å². The van der Waals surface area contributed by atoms with Crippen LogP contribution in [0.25, 0.3) is 0 Å². The number of hydrogen-bond donors (Lipinski definition) is 0. The molecule has 118 valence electrons. The third-order valence-corrected chi connectivity index (χ3v) is 20.0. The van der Waals surface area contributed by atoms with E-state index in [2.05, 4.69) is 98.7 Å². The summed E-state index contributed by atoms with van der Waals surface area (Å²) >= 11 is 0. The average Bonchev–Trinajstić information content (AvgIpc) is 2.53. The van der Waals surface area contributed by atoms with Gasteiger partial charge in [0.15, 0.2) is 7.75 Å². The van der Waals surface area contributed by atoms with E-state index >= 15 is 0 Å². The highest BCUT2D eigenvalue weighted by molar-refractivity contribution is 7.49. The van der Waals surface area contributed by atoms with Gasteiger partial charge in [-0.2, -0.15) is 0 Å². The van der Waals surface area contributed by atoms with Gasteiger partial charge in [0.05, 0.1) is 7.59 Å². The monoisotopic (exact) mass is 327 g/mol. The van der Waals surface area contributed by atoms with Crippen LogP contribution in [0.3, 0.4) is 0 Å². The molecule has 0 aliphatic rings. The van der Waals surface area contributed by atoms with Crippen molar-refractivity contribution < 1.29 is 0 Å². The molecular formula is C19H29NSi2. The molecule has 22 heavy (non-hydrogen) atoms. The molecule has 0 aliphatic carbocycles. The zero-order valence-electron chi connectivity index (χ0n) is 14.6. The van der Waals surface area contributed by atoms with Gasteiger partial charge in [0.2, 0.25) is 0 Å². The minimum absolute atomic E-state index is 1.12. The standard InChI is InChI=1S/C19H29NSi2/c1-6-20(7-2)22(21(3,4)5,18-14-10-8-11-15-18)19-16-12-9-13-17-19/h8-17H,6-7H2,1-5H3. The molecule has 0 heterocycles. The lowest BCUT2D eigenvalue weighted by molar-refractivity contribution is 0.484. The van der Waals surface area contributed by atoms with E-state index in [9.17, 15) is 0 Å². The van der Waals surface area contributed by atoms with Gasteiger partial charge in [-0.3, -0.25) is 0 Å². The number of benzene rings is 2. The molecule has 0 saturated heterocycles. The molecule has 0 radical (unpaired) electrons. The maximum absolute atomic E-state index is 2.80. The summed E-state index contributed by atoms with van der Waals surface area (Å²) in [6.07, 6.45) is 0. The van der Waals surface area contributed by atoms with Crippen molar-refractivity contribution in [1.82, 2.24) is 4.57 Å². The third-order valence-electron chi connectivity index (χ3n) is 4.71. The Bertz CT molecular complexity index is 532. The van der Waals surface area contributed by atoms with Crippen LogP contribution in [0, 0.1) is 0 Å². The van der Waals surface area contributed by atoms with Gasteiger partial charge in [0, 0.05) is 0 Å². The Hall–Kier alpha value is -1.17. The third kappa shape index (κ3) is 2.85.